The van der Waals surface area contributed by atoms with E-state index in [9.17, 15) is 4.39 Å². The lowest BCUT2D eigenvalue weighted by molar-refractivity contribution is 0.600. The summed E-state index contributed by atoms with van der Waals surface area (Å²) in [5, 5.41) is 16.3. The second-order valence-corrected chi connectivity index (χ2v) is 7.42. The van der Waals surface area contributed by atoms with E-state index in [2.05, 4.69) is 35.4 Å². The van der Waals surface area contributed by atoms with Gasteiger partial charge < -0.3 is 20.2 Å². The Kier molecular flexibility index (Phi) is 8.06. The third-order valence-electron chi connectivity index (χ3n) is 5.47. The average Bonchev–Trinajstić information content (AvgIpc) is 3.22. The molecule has 0 fully saturated rings. The summed E-state index contributed by atoms with van der Waals surface area (Å²) >= 11 is 0. The standard InChI is InChI=1S/C21H28FN7.HI/c1-23-21(24-10-8-15-14-26-18-7-6-16(22)13-17(15)18)25-11-9-20-28-27-19-5-3-2-4-12-29(19)20;/h6-7,13-14,26H,2-5,8-12H2,1H3,(H2,23,24,25);1H. The fourth-order valence-corrected chi connectivity index (χ4v) is 3.92. The first kappa shape index (κ1) is 22.5. The summed E-state index contributed by atoms with van der Waals surface area (Å²) in [6.07, 6.45) is 8.24. The van der Waals surface area contributed by atoms with Crippen molar-refractivity contribution in [3.05, 3.63) is 47.4 Å². The monoisotopic (exact) mass is 525 g/mol. The fraction of sp³-hybridized carbons (Fsp3) is 0.476. The van der Waals surface area contributed by atoms with Crippen LogP contribution in [-0.2, 0) is 25.8 Å². The number of hydrogen-bond acceptors (Lipinski definition) is 3. The van der Waals surface area contributed by atoms with Gasteiger partial charge in [-0.25, -0.2) is 4.39 Å². The van der Waals surface area contributed by atoms with Crippen molar-refractivity contribution in [2.75, 3.05) is 20.1 Å². The first-order chi connectivity index (χ1) is 14.2. The summed E-state index contributed by atoms with van der Waals surface area (Å²) in [6, 6.07) is 4.82. The lowest BCUT2D eigenvalue weighted by atomic mass is 10.1. The molecule has 0 unspecified atom stereocenters. The van der Waals surface area contributed by atoms with Gasteiger partial charge in [-0.15, -0.1) is 34.2 Å². The van der Waals surface area contributed by atoms with Crippen LogP contribution < -0.4 is 10.6 Å². The number of H-pyrrole nitrogens is 1. The molecule has 1 aliphatic heterocycles. The summed E-state index contributed by atoms with van der Waals surface area (Å²) in [7, 11) is 1.76. The first-order valence-corrected chi connectivity index (χ1v) is 10.4. The highest BCUT2D eigenvalue weighted by atomic mass is 127. The molecule has 4 rings (SSSR count). The maximum absolute atomic E-state index is 13.5. The molecule has 0 radical (unpaired) electrons. The van der Waals surface area contributed by atoms with Gasteiger partial charge in [0.15, 0.2) is 5.96 Å². The molecule has 0 bridgehead atoms. The smallest absolute Gasteiger partial charge is 0.191 e. The Morgan fingerprint density at radius 1 is 1.17 bits per heavy atom. The molecule has 0 amide bonds. The predicted octanol–water partition coefficient (Wildman–Crippen LogP) is 3.19. The van der Waals surface area contributed by atoms with Crippen LogP contribution >= 0.6 is 24.0 Å². The molecule has 162 valence electrons. The van der Waals surface area contributed by atoms with Gasteiger partial charge in [-0.1, -0.05) is 6.42 Å². The Balaban J connectivity index is 0.00000256. The van der Waals surface area contributed by atoms with Crippen LogP contribution in [0.25, 0.3) is 10.9 Å². The van der Waals surface area contributed by atoms with E-state index >= 15 is 0 Å². The number of rotatable bonds is 6. The van der Waals surface area contributed by atoms with E-state index in [1.165, 1.54) is 25.3 Å². The van der Waals surface area contributed by atoms with Crippen LogP contribution in [0.1, 0.15) is 36.5 Å². The number of aromatic amines is 1. The van der Waals surface area contributed by atoms with Gasteiger partial charge in [-0.05, 0) is 43.0 Å². The van der Waals surface area contributed by atoms with Crippen LogP contribution in [0.4, 0.5) is 4.39 Å². The number of benzene rings is 1. The quantitative estimate of drug-likeness (QED) is 0.262. The molecule has 0 aliphatic carbocycles. The highest BCUT2D eigenvalue weighted by molar-refractivity contribution is 14.0. The Hall–Kier alpha value is -2.17. The van der Waals surface area contributed by atoms with Crippen molar-refractivity contribution in [3.63, 3.8) is 0 Å². The van der Waals surface area contributed by atoms with E-state index < -0.39 is 0 Å². The molecule has 1 aliphatic rings. The summed E-state index contributed by atoms with van der Waals surface area (Å²) in [6.45, 7) is 2.48. The summed E-state index contributed by atoms with van der Waals surface area (Å²) in [5.41, 5.74) is 2.05. The minimum atomic E-state index is -0.213. The van der Waals surface area contributed by atoms with Crippen LogP contribution in [0.5, 0.6) is 0 Å². The van der Waals surface area contributed by atoms with Gasteiger partial charge in [0.2, 0.25) is 0 Å². The Bertz CT molecular complexity index is 995. The number of aromatic nitrogens is 4. The molecule has 0 spiro atoms. The molecule has 9 heteroatoms. The van der Waals surface area contributed by atoms with Gasteiger partial charge in [-0.2, -0.15) is 0 Å². The van der Waals surface area contributed by atoms with E-state index in [0.29, 0.717) is 6.54 Å². The zero-order chi connectivity index (χ0) is 20.1. The molecule has 1 aromatic carbocycles. The molecule has 30 heavy (non-hydrogen) atoms. The van der Waals surface area contributed by atoms with E-state index in [1.807, 2.05) is 6.20 Å². The first-order valence-electron chi connectivity index (χ1n) is 10.4. The summed E-state index contributed by atoms with van der Waals surface area (Å²) in [5.74, 6) is 2.71. The number of nitrogens with zero attached hydrogens (tertiary/aromatic N) is 4. The zero-order valence-electron chi connectivity index (χ0n) is 17.2. The number of fused-ring (bicyclic) bond motifs is 2. The van der Waals surface area contributed by atoms with Crippen LogP contribution in [0, 0.1) is 5.82 Å². The largest absolute Gasteiger partial charge is 0.361 e. The van der Waals surface area contributed by atoms with Crippen molar-refractivity contribution in [1.29, 1.82) is 0 Å². The Morgan fingerprint density at radius 2 is 2.00 bits per heavy atom. The Morgan fingerprint density at radius 3 is 2.83 bits per heavy atom. The zero-order valence-corrected chi connectivity index (χ0v) is 19.6. The highest BCUT2D eigenvalue weighted by Gasteiger charge is 2.14. The van der Waals surface area contributed by atoms with Gasteiger partial charge in [0.25, 0.3) is 0 Å². The SMILES string of the molecule is CN=C(NCCc1c[nH]c2ccc(F)cc12)NCCc1nnc2n1CCCCC2.I. The van der Waals surface area contributed by atoms with Gasteiger partial charge >= 0.3 is 0 Å². The molecule has 0 saturated carbocycles. The van der Waals surface area contributed by atoms with Crippen molar-refractivity contribution in [1.82, 2.24) is 30.4 Å². The second kappa shape index (κ2) is 10.7. The number of guanidine groups is 1. The topological polar surface area (TPSA) is 82.9 Å². The van der Waals surface area contributed by atoms with Gasteiger partial charge in [-0.3, -0.25) is 4.99 Å². The fourth-order valence-electron chi connectivity index (χ4n) is 3.92. The van der Waals surface area contributed by atoms with Crippen molar-refractivity contribution in [3.8, 4) is 0 Å². The Labute approximate surface area is 193 Å². The van der Waals surface area contributed by atoms with Crippen LogP contribution in [0.15, 0.2) is 29.4 Å². The van der Waals surface area contributed by atoms with Crippen molar-refractivity contribution < 1.29 is 4.39 Å². The number of hydrogen-bond donors (Lipinski definition) is 3. The maximum atomic E-state index is 13.5. The molecule has 2 aromatic heterocycles. The highest BCUT2D eigenvalue weighted by Crippen LogP contribution is 2.19. The van der Waals surface area contributed by atoms with Crippen molar-refractivity contribution in [2.45, 2.75) is 45.1 Å². The molecule has 7 nitrogen and oxygen atoms in total. The molecule has 3 heterocycles. The summed E-state index contributed by atoms with van der Waals surface area (Å²) < 4.78 is 15.8. The average molecular weight is 525 g/mol. The minimum absolute atomic E-state index is 0. The van der Waals surface area contributed by atoms with Gasteiger partial charge in [0, 0.05) is 56.6 Å². The molecular weight excluding hydrogens is 496 g/mol. The third kappa shape index (κ3) is 5.30. The van der Waals surface area contributed by atoms with Gasteiger partial charge in [0.1, 0.15) is 17.5 Å². The van der Waals surface area contributed by atoms with E-state index in [-0.39, 0.29) is 29.8 Å². The van der Waals surface area contributed by atoms with Crippen molar-refractivity contribution in [2.24, 2.45) is 4.99 Å². The van der Waals surface area contributed by atoms with Gasteiger partial charge in [0.05, 0.1) is 0 Å². The van der Waals surface area contributed by atoms with E-state index in [4.69, 9.17) is 0 Å². The predicted molar refractivity (Wildman–Crippen MR) is 128 cm³/mol. The van der Waals surface area contributed by atoms with E-state index in [1.54, 1.807) is 19.2 Å². The van der Waals surface area contributed by atoms with Crippen LogP contribution in [0.2, 0.25) is 0 Å². The van der Waals surface area contributed by atoms with Crippen LogP contribution in [-0.4, -0.2) is 45.8 Å². The van der Waals surface area contributed by atoms with E-state index in [0.717, 1.165) is 66.4 Å². The normalized spacial score (nSPS) is 14.1. The second-order valence-electron chi connectivity index (χ2n) is 7.42. The summed E-state index contributed by atoms with van der Waals surface area (Å²) in [4.78, 5) is 7.48. The number of halogens is 2. The van der Waals surface area contributed by atoms with Crippen LogP contribution in [0.3, 0.4) is 0 Å². The molecular formula is C21H29FIN7. The minimum Gasteiger partial charge on any atom is -0.361 e. The molecule has 3 N–H and O–H groups in total. The number of aliphatic imine (C=N–C) groups is 1. The van der Waals surface area contributed by atoms with Crippen molar-refractivity contribution >= 4 is 40.8 Å². The molecule has 0 saturated heterocycles. The lowest BCUT2D eigenvalue weighted by Gasteiger charge is -2.12. The third-order valence-corrected chi connectivity index (χ3v) is 5.47. The molecule has 3 aromatic rings. The lowest BCUT2D eigenvalue weighted by Crippen LogP contribution is -2.39. The number of nitrogens with one attached hydrogen (secondary N) is 3. The maximum Gasteiger partial charge on any atom is 0.191 e. The molecule has 0 atom stereocenters. The number of aryl methyl sites for hydroxylation is 1.